The summed E-state index contributed by atoms with van der Waals surface area (Å²) in [4.78, 5) is 2.33. The van der Waals surface area contributed by atoms with Crippen LogP contribution in [0.5, 0.6) is 0 Å². The van der Waals surface area contributed by atoms with Crippen LogP contribution in [0.1, 0.15) is 18.4 Å². The lowest BCUT2D eigenvalue weighted by Crippen LogP contribution is -2.35. The van der Waals surface area contributed by atoms with Crippen LogP contribution < -0.4 is 5.32 Å². The van der Waals surface area contributed by atoms with Crippen molar-refractivity contribution in [2.45, 2.75) is 12.8 Å². The molecular weight excluding hydrogens is 229 g/mol. The molecule has 1 heterocycles. The Balaban J connectivity index is 1.90. The first-order valence-electron chi connectivity index (χ1n) is 6.31. The molecule has 1 aliphatic rings. The number of nitrogens with one attached hydrogen (secondary N) is 1. The van der Waals surface area contributed by atoms with Crippen LogP contribution in [-0.4, -0.2) is 31.6 Å². The molecule has 1 aromatic carbocycles. The molecule has 1 aliphatic heterocycles. The number of halogens is 1. The Hall–Kier alpha value is -1.60. The zero-order chi connectivity index (χ0) is 13.0. The molecule has 3 nitrogen and oxygen atoms in total. The average molecular weight is 247 g/mol. The van der Waals surface area contributed by atoms with Crippen molar-refractivity contribution in [3.63, 3.8) is 0 Å². The van der Waals surface area contributed by atoms with Gasteiger partial charge in [-0.15, -0.1) is 0 Å². The number of rotatable bonds is 3. The Morgan fingerprint density at radius 1 is 1.56 bits per heavy atom. The molecule has 1 saturated heterocycles. The summed E-state index contributed by atoms with van der Waals surface area (Å²) in [6.07, 6.45) is 2.45. The highest BCUT2D eigenvalue weighted by molar-refractivity contribution is 5.48. The highest BCUT2D eigenvalue weighted by atomic mass is 19.1. The molecule has 0 aromatic heterocycles. The van der Waals surface area contributed by atoms with Crippen molar-refractivity contribution in [3.05, 3.63) is 29.6 Å². The van der Waals surface area contributed by atoms with Gasteiger partial charge in [0, 0.05) is 18.8 Å². The van der Waals surface area contributed by atoms with E-state index in [0.717, 1.165) is 18.8 Å². The van der Waals surface area contributed by atoms with Gasteiger partial charge in [-0.1, -0.05) is 0 Å². The minimum Gasteiger partial charge on any atom is -0.385 e. The Kier molecular flexibility index (Phi) is 4.16. The monoisotopic (exact) mass is 247 g/mol. The molecule has 96 valence electrons. The highest BCUT2D eigenvalue weighted by Gasteiger charge is 2.16. The van der Waals surface area contributed by atoms with E-state index in [9.17, 15) is 4.39 Å². The molecular formula is C14H18FN3. The molecule has 1 unspecified atom stereocenters. The Bertz CT molecular complexity index is 453. The van der Waals surface area contributed by atoms with Gasteiger partial charge in [0.1, 0.15) is 11.9 Å². The lowest BCUT2D eigenvalue weighted by atomic mass is 9.98. The minimum atomic E-state index is -0.455. The van der Waals surface area contributed by atoms with E-state index in [1.54, 1.807) is 6.07 Å². The number of anilines is 1. The minimum absolute atomic E-state index is 0.0953. The molecule has 2 rings (SSSR count). The van der Waals surface area contributed by atoms with Crippen LogP contribution in [0.15, 0.2) is 18.2 Å². The number of benzene rings is 1. The molecule has 1 atom stereocenters. The third-order valence-electron chi connectivity index (χ3n) is 3.41. The van der Waals surface area contributed by atoms with Crippen LogP contribution in [0.3, 0.4) is 0 Å². The maximum atomic E-state index is 13.4. The summed E-state index contributed by atoms with van der Waals surface area (Å²) in [5.41, 5.74) is 0.845. The number of piperidine rings is 1. The van der Waals surface area contributed by atoms with Crippen molar-refractivity contribution in [3.8, 4) is 6.07 Å². The van der Waals surface area contributed by atoms with E-state index >= 15 is 0 Å². The van der Waals surface area contributed by atoms with Gasteiger partial charge in [-0.05, 0) is 50.6 Å². The van der Waals surface area contributed by atoms with Crippen molar-refractivity contribution in [1.82, 2.24) is 4.90 Å². The molecule has 0 amide bonds. The van der Waals surface area contributed by atoms with Gasteiger partial charge >= 0.3 is 0 Å². The van der Waals surface area contributed by atoms with Gasteiger partial charge < -0.3 is 10.2 Å². The fraction of sp³-hybridized carbons (Fsp3) is 0.500. The second-order valence-corrected chi connectivity index (χ2v) is 4.96. The van der Waals surface area contributed by atoms with Gasteiger partial charge in [0.25, 0.3) is 0 Å². The predicted molar refractivity (Wildman–Crippen MR) is 69.8 cm³/mol. The van der Waals surface area contributed by atoms with Crippen LogP contribution in [0.4, 0.5) is 10.1 Å². The molecule has 1 N–H and O–H groups in total. The fourth-order valence-corrected chi connectivity index (χ4v) is 2.42. The van der Waals surface area contributed by atoms with Crippen LogP contribution in [0.2, 0.25) is 0 Å². The van der Waals surface area contributed by atoms with Gasteiger partial charge in [-0.25, -0.2) is 4.39 Å². The largest absolute Gasteiger partial charge is 0.385 e. The van der Waals surface area contributed by atoms with E-state index in [0.29, 0.717) is 5.92 Å². The molecule has 18 heavy (non-hydrogen) atoms. The summed E-state index contributed by atoms with van der Waals surface area (Å²) >= 11 is 0. The third kappa shape index (κ3) is 3.21. The highest BCUT2D eigenvalue weighted by Crippen LogP contribution is 2.18. The Morgan fingerprint density at radius 3 is 3.06 bits per heavy atom. The van der Waals surface area contributed by atoms with Gasteiger partial charge in [0.2, 0.25) is 0 Å². The Morgan fingerprint density at radius 2 is 2.39 bits per heavy atom. The van der Waals surface area contributed by atoms with Crippen LogP contribution >= 0.6 is 0 Å². The van der Waals surface area contributed by atoms with E-state index in [-0.39, 0.29) is 5.56 Å². The number of likely N-dealkylation sites (tertiary alicyclic amines) is 1. The summed E-state index contributed by atoms with van der Waals surface area (Å²) in [6.45, 7) is 3.11. The molecule has 0 saturated carbocycles. The van der Waals surface area contributed by atoms with Gasteiger partial charge in [-0.3, -0.25) is 0 Å². The molecule has 4 heteroatoms. The third-order valence-corrected chi connectivity index (χ3v) is 3.41. The summed E-state index contributed by atoms with van der Waals surface area (Å²) in [5, 5.41) is 11.9. The van der Waals surface area contributed by atoms with Crippen molar-refractivity contribution in [2.75, 3.05) is 32.0 Å². The van der Waals surface area contributed by atoms with E-state index in [1.165, 1.54) is 31.5 Å². The summed E-state index contributed by atoms with van der Waals surface area (Å²) in [6, 6.07) is 6.49. The zero-order valence-corrected chi connectivity index (χ0v) is 10.6. The Labute approximate surface area is 107 Å². The smallest absolute Gasteiger partial charge is 0.143 e. The molecule has 1 fully saturated rings. The normalized spacial score (nSPS) is 20.4. The molecule has 0 aliphatic carbocycles. The zero-order valence-electron chi connectivity index (χ0n) is 10.6. The SMILES string of the molecule is CN1CCCC(CNc2ccc(C#N)c(F)c2)C1. The van der Waals surface area contributed by atoms with Gasteiger partial charge in [0.05, 0.1) is 5.56 Å². The van der Waals surface area contributed by atoms with Gasteiger partial charge in [-0.2, -0.15) is 5.26 Å². The standard InChI is InChI=1S/C14H18FN3/c1-18-6-2-3-11(10-18)9-17-13-5-4-12(8-16)14(15)7-13/h4-5,7,11,17H,2-3,6,9-10H2,1H3. The second kappa shape index (κ2) is 5.83. The first kappa shape index (κ1) is 12.8. The van der Waals surface area contributed by atoms with E-state index in [1.807, 2.05) is 6.07 Å². The number of nitrogens with zero attached hydrogens (tertiary/aromatic N) is 2. The molecule has 0 radical (unpaired) electrons. The van der Waals surface area contributed by atoms with Crippen LogP contribution in [0.25, 0.3) is 0 Å². The second-order valence-electron chi connectivity index (χ2n) is 4.96. The van der Waals surface area contributed by atoms with Crippen LogP contribution in [0, 0.1) is 23.1 Å². The summed E-state index contributed by atoms with van der Waals surface area (Å²) in [7, 11) is 2.13. The lowest BCUT2D eigenvalue weighted by Gasteiger charge is -2.29. The predicted octanol–water partition coefficient (Wildman–Crippen LogP) is 2.45. The fourth-order valence-electron chi connectivity index (χ4n) is 2.42. The first-order chi connectivity index (χ1) is 8.69. The van der Waals surface area contributed by atoms with Crippen molar-refractivity contribution >= 4 is 5.69 Å². The summed E-state index contributed by atoms with van der Waals surface area (Å²) in [5.74, 6) is 0.158. The molecule has 1 aromatic rings. The van der Waals surface area contributed by atoms with E-state index in [2.05, 4.69) is 17.3 Å². The van der Waals surface area contributed by atoms with Crippen molar-refractivity contribution < 1.29 is 4.39 Å². The van der Waals surface area contributed by atoms with Crippen molar-refractivity contribution in [2.24, 2.45) is 5.92 Å². The topological polar surface area (TPSA) is 39.1 Å². The quantitative estimate of drug-likeness (QED) is 0.891. The van der Waals surface area contributed by atoms with E-state index < -0.39 is 5.82 Å². The molecule has 0 bridgehead atoms. The van der Waals surface area contributed by atoms with Gasteiger partial charge in [0.15, 0.2) is 0 Å². The molecule has 0 spiro atoms. The van der Waals surface area contributed by atoms with Crippen LogP contribution in [-0.2, 0) is 0 Å². The lowest BCUT2D eigenvalue weighted by molar-refractivity contribution is 0.217. The maximum absolute atomic E-state index is 13.4. The number of hydrogen-bond acceptors (Lipinski definition) is 3. The average Bonchev–Trinajstić information content (AvgIpc) is 2.37. The first-order valence-corrected chi connectivity index (χ1v) is 6.31. The number of nitriles is 1. The van der Waals surface area contributed by atoms with E-state index in [4.69, 9.17) is 5.26 Å². The maximum Gasteiger partial charge on any atom is 0.143 e. The van der Waals surface area contributed by atoms with Crippen molar-refractivity contribution in [1.29, 1.82) is 5.26 Å². The number of hydrogen-bond donors (Lipinski definition) is 1. The summed E-state index contributed by atoms with van der Waals surface area (Å²) < 4.78 is 13.4.